The van der Waals surface area contributed by atoms with Gasteiger partial charge in [-0.15, -0.1) is 0 Å². The molecule has 0 aromatic carbocycles. The van der Waals surface area contributed by atoms with Crippen molar-refractivity contribution in [3.8, 4) is 0 Å². The molecule has 1 fully saturated rings. The zero-order chi connectivity index (χ0) is 10.2. The van der Waals surface area contributed by atoms with Crippen LogP contribution in [0.25, 0.3) is 0 Å². The lowest BCUT2D eigenvalue weighted by Gasteiger charge is -2.17. The van der Waals surface area contributed by atoms with Gasteiger partial charge in [0.05, 0.1) is 6.61 Å². The van der Waals surface area contributed by atoms with E-state index in [2.05, 4.69) is 17.6 Å². The second kappa shape index (κ2) is 7.21. The van der Waals surface area contributed by atoms with E-state index in [1.54, 1.807) is 7.11 Å². The molecule has 1 aliphatic rings. The molecule has 0 heterocycles. The van der Waals surface area contributed by atoms with Gasteiger partial charge in [0, 0.05) is 32.3 Å². The number of rotatable bonds is 7. The predicted molar refractivity (Wildman–Crippen MR) is 59.6 cm³/mol. The Morgan fingerprint density at radius 2 is 2.07 bits per heavy atom. The third kappa shape index (κ3) is 4.94. The lowest BCUT2D eigenvalue weighted by molar-refractivity contribution is 0.196. The van der Waals surface area contributed by atoms with E-state index in [1.165, 1.54) is 25.7 Å². The number of hydrogen-bond acceptors (Lipinski definition) is 3. The van der Waals surface area contributed by atoms with Gasteiger partial charge in [-0.05, 0) is 19.8 Å². The Morgan fingerprint density at radius 1 is 1.36 bits per heavy atom. The molecule has 0 radical (unpaired) electrons. The van der Waals surface area contributed by atoms with Gasteiger partial charge in [0.15, 0.2) is 0 Å². The Labute approximate surface area is 87.6 Å². The number of nitrogens with one attached hydrogen (secondary N) is 2. The zero-order valence-electron chi connectivity index (χ0n) is 9.51. The third-order valence-corrected chi connectivity index (χ3v) is 2.87. The Morgan fingerprint density at radius 3 is 2.71 bits per heavy atom. The van der Waals surface area contributed by atoms with E-state index in [9.17, 15) is 0 Å². The molecule has 0 aliphatic heterocycles. The maximum absolute atomic E-state index is 4.99. The van der Waals surface area contributed by atoms with Gasteiger partial charge >= 0.3 is 0 Å². The summed E-state index contributed by atoms with van der Waals surface area (Å²) in [5, 5.41) is 7.02. The minimum Gasteiger partial charge on any atom is -0.383 e. The molecule has 0 amide bonds. The van der Waals surface area contributed by atoms with Gasteiger partial charge in [0.25, 0.3) is 0 Å². The van der Waals surface area contributed by atoms with Crippen molar-refractivity contribution in [2.24, 2.45) is 0 Å². The molecule has 1 rings (SSSR count). The predicted octanol–water partition coefficient (Wildman–Crippen LogP) is 1.14. The smallest absolute Gasteiger partial charge is 0.0587 e. The van der Waals surface area contributed by atoms with E-state index in [1.807, 2.05) is 0 Å². The van der Waals surface area contributed by atoms with Crippen molar-refractivity contribution in [3.63, 3.8) is 0 Å². The summed E-state index contributed by atoms with van der Waals surface area (Å²) < 4.78 is 4.99. The van der Waals surface area contributed by atoms with Gasteiger partial charge in [-0.25, -0.2) is 0 Å². The van der Waals surface area contributed by atoms with Gasteiger partial charge in [-0.3, -0.25) is 0 Å². The van der Waals surface area contributed by atoms with E-state index < -0.39 is 0 Å². The largest absolute Gasteiger partial charge is 0.383 e. The molecular weight excluding hydrogens is 176 g/mol. The summed E-state index contributed by atoms with van der Waals surface area (Å²) in [7, 11) is 1.74. The fourth-order valence-corrected chi connectivity index (χ4v) is 1.95. The average Bonchev–Trinajstić information content (AvgIpc) is 2.68. The number of hydrogen-bond donors (Lipinski definition) is 2. The maximum atomic E-state index is 4.99. The molecule has 3 nitrogen and oxygen atoms in total. The molecule has 3 heteroatoms. The van der Waals surface area contributed by atoms with E-state index in [0.29, 0.717) is 6.04 Å². The van der Waals surface area contributed by atoms with E-state index >= 15 is 0 Å². The van der Waals surface area contributed by atoms with Gasteiger partial charge < -0.3 is 15.4 Å². The Hall–Kier alpha value is -0.120. The standard InChI is InChI=1S/C11H24N2O/c1-10(12-7-8-14-2)9-13-11-5-3-4-6-11/h10-13H,3-9H2,1-2H3. The first-order valence-electron chi connectivity index (χ1n) is 5.78. The number of ether oxygens (including phenoxy) is 1. The van der Waals surface area contributed by atoms with Crippen LogP contribution in [0.2, 0.25) is 0 Å². The highest BCUT2D eigenvalue weighted by atomic mass is 16.5. The molecule has 0 aromatic rings. The topological polar surface area (TPSA) is 33.3 Å². The number of methoxy groups -OCH3 is 1. The highest BCUT2D eigenvalue weighted by molar-refractivity contribution is 4.75. The summed E-state index contributed by atoms with van der Waals surface area (Å²) in [6.07, 6.45) is 5.54. The monoisotopic (exact) mass is 200 g/mol. The van der Waals surface area contributed by atoms with Crippen LogP contribution in [0.3, 0.4) is 0 Å². The normalized spacial score (nSPS) is 20.1. The minimum absolute atomic E-state index is 0.547. The van der Waals surface area contributed by atoms with Gasteiger partial charge in [0.2, 0.25) is 0 Å². The molecule has 0 aromatic heterocycles. The fourth-order valence-electron chi connectivity index (χ4n) is 1.95. The van der Waals surface area contributed by atoms with Crippen LogP contribution in [-0.4, -0.2) is 38.9 Å². The van der Waals surface area contributed by atoms with E-state index in [-0.39, 0.29) is 0 Å². The summed E-state index contributed by atoms with van der Waals surface area (Å²) in [5.41, 5.74) is 0. The van der Waals surface area contributed by atoms with Crippen molar-refractivity contribution in [1.82, 2.24) is 10.6 Å². The third-order valence-electron chi connectivity index (χ3n) is 2.87. The first-order chi connectivity index (χ1) is 6.83. The van der Waals surface area contributed by atoms with Crippen LogP contribution in [0.5, 0.6) is 0 Å². The zero-order valence-corrected chi connectivity index (χ0v) is 9.51. The lowest BCUT2D eigenvalue weighted by Crippen LogP contribution is -2.41. The molecule has 0 saturated heterocycles. The van der Waals surface area contributed by atoms with Crippen LogP contribution in [0, 0.1) is 0 Å². The summed E-state index contributed by atoms with van der Waals surface area (Å²) in [6, 6.07) is 1.33. The summed E-state index contributed by atoms with van der Waals surface area (Å²) >= 11 is 0. The summed E-state index contributed by atoms with van der Waals surface area (Å²) in [4.78, 5) is 0. The van der Waals surface area contributed by atoms with Gasteiger partial charge in [-0.2, -0.15) is 0 Å². The van der Waals surface area contributed by atoms with Crippen LogP contribution in [0.1, 0.15) is 32.6 Å². The minimum atomic E-state index is 0.547. The first kappa shape index (κ1) is 12.0. The quantitative estimate of drug-likeness (QED) is 0.605. The van der Waals surface area contributed by atoms with Crippen LogP contribution in [0.15, 0.2) is 0 Å². The molecule has 1 saturated carbocycles. The summed E-state index contributed by atoms with van der Waals surface area (Å²) in [5.74, 6) is 0. The highest BCUT2D eigenvalue weighted by Crippen LogP contribution is 2.17. The van der Waals surface area contributed by atoms with Gasteiger partial charge in [0.1, 0.15) is 0 Å². The van der Waals surface area contributed by atoms with Crippen LogP contribution >= 0.6 is 0 Å². The van der Waals surface area contributed by atoms with Crippen LogP contribution < -0.4 is 10.6 Å². The molecular formula is C11H24N2O. The Bertz CT molecular complexity index is 135. The second-order valence-corrected chi connectivity index (χ2v) is 4.24. The molecule has 0 spiro atoms. The van der Waals surface area contributed by atoms with E-state index in [0.717, 1.165) is 25.7 Å². The van der Waals surface area contributed by atoms with Crippen molar-refractivity contribution in [2.45, 2.75) is 44.7 Å². The SMILES string of the molecule is COCCNC(C)CNC1CCCC1. The average molecular weight is 200 g/mol. The fraction of sp³-hybridized carbons (Fsp3) is 1.00. The molecule has 14 heavy (non-hydrogen) atoms. The highest BCUT2D eigenvalue weighted by Gasteiger charge is 2.14. The Kier molecular flexibility index (Phi) is 6.15. The van der Waals surface area contributed by atoms with Crippen molar-refractivity contribution in [2.75, 3.05) is 26.8 Å². The maximum Gasteiger partial charge on any atom is 0.0587 e. The van der Waals surface area contributed by atoms with Gasteiger partial charge in [-0.1, -0.05) is 12.8 Å². The first-order valence-corrected chi connectivity index (χ1v) is 5.78. The van der Waals surface area contributed by atoms with E-state index in [4.69, 9.17) is 4.74 Å². The van der Waals surface area contributed by atoms with Crippen molar-refractivity contribution >= 4 is 0 Å². The Balaban J connectivity index is 1.93. The lowest BCUT2D eigenvalue weighted by atomic mass is 10.2. The van der Waals surface area contributed by atoms with Crippen molar-refractivity contribution < 1.29 is 4.74 Å². The van der Waals surface area contributed by atoms with Crippen molar-refractivity contribution in [3.05, 3.63) is 0 Å². The summed E-state index contributed by atoms with van der Waals surface area (Å²) in [6.45, 7) is 5.05. The van der Waals surface area contributed by atoms with Crippen LogP contribution in [0.4, 0.5) is 0 Å². The van der Waals surface area contributed by atoms with Crippen LogP contribution in [-0.2, 0) is 4.74 Å². The second-order valence-electron chi connectivity index (χ2n) is 4.24. The molecule has 1 unspecified atom stereocenters. The molecule has 1 atom stereocenters. The molecule has 0 bridgehead atoms. The van der Waals surface area contributed by atoms with Crippen molar-refractivity contribution in [1.29, 1.82) is 0 Å². The molecule has 84 valence electrons. The molecule has 2 N–H and O–H groups in total. The molecule has 1 aliphatic carbocycles.